The highest BCUT2D eigenvalue weighted by Gasteiger charge is 2.17. The molecule has 0 aliphatic heterocycles. The summed E-state index contributed by atoms with van der Waals surface area (Å²) in [6.07, 6.45) is 0.715. The average molecular weight is 455 g/mol. The molecular weight excluding hydrogens is 434 g/mol. The lowest BCUT2D eigenvalue weighted by atomic mass is 9.95. The Morgan fingerprint density at radius 1 is 0.875 bits per heavy atom. The molecule has 9 nitrogen and oxygen atoms in total. The summed E-state index contributed by atoms with van der Waals surface area (Å²) in [6, 6.07) is 20.0. The third kappa shape index (κ3) is 7.04. The highest BCUT2D eigenvalue weighted by Crippen LogP contribution is 2.28. The molecule has 0 spiro atoms. The van der Waals surface area contributed by atoms with Gasteiger partial charge in [-0.1, -0.05) is 36.4 Å². The fraction of sp³-hybridized carbons (Fsp3) is 0.0455. The van der Waals surface area contributed by atoms with E-state index in [2.05, 4.69) is 5.32 Å². The summed E-state index contributed by atoms with van der Waals surface area (Å²) in [5.41, 5.74) is 8.03. The summed E-state index contributed by atoms with van der Waals surface area (Å²) in [5, 5.41) is 19.6. The van der Waals surface area contributed by atoms with Gasteiger partial charge in [0, 0.05) is 16.8 Å². The Morgan fingerprint density at radius 2 is 1.31 bits per heavy atom. The van der Waals surface area contributed by atoms with Crippen LogP contribution in [0.25, 0.3) is 11.1 Å². The largest absolute Gasteiger partial charge is 0.478 e. The topological polar surface area (TPSA) is 171 Å². The lowest BCUT2D eigenvalue weighted by Gasteiger charge is -2.12. The predicted octanol–water partition coefficient (Wildman–Crippen LogP) is 3.09. The van der Waals surface area contributed by atoms with Crippen LogP contribution in [0.4, 0.5) is 5.69 Å². The van der Waals surface area contributed by atoms with Crippen molar-refractivity contribution in [1.29, 1.82) is 5.41 Å². The average Bonchev–Trinajstić information content (AvgIpc) is 2.73. The first kappa shape index (κ1) is 24.3. The van der Waals surface area contributed by atoms with Crippen LogP contribution in [0.2, 0.25) is 0 Å². The van der Waals surface area contributed by atoms with E-state index in [9.17, 15) is 23.1 Å². The fourth-order valence-electron chi connectivity index (χ4n) is 2.75. The zero-order chi connectivity index (χ0) is 23.9. The minimum absolute atomic E-state index is 0.0523. The molecule has 0 radical (unpaired) electrons. The van der Waals surface area contributed by atoms with E-state index in [0.717, 1.165) is 0 Å². The van der Waals surface area contributed by atoms with E-state index in [-0.39, 0.29) is 17.3 Å². The molecule has 0 bridgehead atoms. The van der Waals surface area contributed by atoms with Gasteiger partial charge in [0.05, 0.1) is 11.8 Å². The number of hydrogen-bond acceptors (Lipinski definition) is 5. The lowest BCUT2D eigenvalue weighted by molar-refractivity contribution is 0.0697. The number of hydrogen-bond donors (Lipinski definition) is 5. The summed E-state index contributed by atoms with van der Waals surface area (Å²) in [4.78, 5) is 24.3. The van der Waals surface area contributed by atoms with Crippen molar-refractivity contribution in [3.05, 3.63) is 89.5 Å². The molecule has 166 valence electrons. The molecule has 0 atom stereocenters. The van der Waals surface area contributed by atoms with Gasteiger partial charge in [-0.2, -0.15) is 8.42 Å². The van der Waals surface area contributed by atoms with Crippen LogP contribution in [-0.4, -0.2) is 42.0 Å². The first-order valence-electron chi connectivity index (χ1n) is 9.07. The Hall–Kier alpha value is -4.02. The van der Waals surface area contributed by atoms with Crippen LogP contribution >= 0.6 is 0 Å². The number of aromatic carboxylic acids is 1. The van der Waals surface area contributed by atoms with E-state index in [1.54, 1.807) is 66.7 Å². The van der Waals surface area contributed by atoms with Crippen molar-refractivity contribution in [2.75, 3.05) is 11.6 Å². The third-order valence-corrected chi connectivity index (χ3v) is 4.07. The molecule has 3 aromatic carbocycles. The molecule has 0 saturated heterocycles. The number of carbonyl (C=O) groups is 2. The number of benzene rings is 3. The van der Waals surface area contributed by atoms with Gasteiger partial charge >= 0.3 is 5.97 Å². The number of amides is 1. The summed E-state index contributed by atoms with van der Waals surface area (Å²) in [6.45, 7) is 0. The van der Waals surface area contributed by atoms with E-state index in [1.165, 1.54) is 6.07 Å². The van der Waals surface area contributed by atoms with Crippen LogP contribution in [0.3, 0.4) is 0 Å². The van der Waals surface area contributed by atoms with E-state index < -0.39 is 16.1 Å². The number of carboxylic acid groups (broad SMARTS) is 1. The third-order valence-electron chi connectivity index (χ3n) is 4.07. The maximum atomic E-state index is 12.8. The van der Waals surface area contributed by atoms with Crippen LogP contribution in [0.1, 0.15) is 26.3 Å². The van der Waals surface area contributed by atoms with E-state index in [0.29, 0.717) is 34.2 Å². The maximum absolute atomic E-state index is 12.8. The van der Waals surface area contributed by atoms with Crippen molar-refractivity contribution in [1.82, 2.24) is 0 Å². The highest BCUT2D eigenvalue weighted by atomic mass is 32.2. The first-order valence-corrected chi connectivity index (χ1v) is 10.9. The number of carboxylic acids is 1. The van der Waals surface area contributed by atoms with Crippen molar-refractivity contribution in [2.24, 2.45) is 5.73 Å². The Kier molecular flexibility index (Phi) is 7.83. The van der Waals surface area contributed by atoms with Gasteiger partial charge in [0.25, 0.3) is 16.0 Å². The molecular formula is C22H21N3O6S. The predicted molar refractivity (Wildman–Crippen MR) is 122 cm³/mol. The molecule has 6 N–H and O–H groups in total. The number of carbonyl (C=O) groups excluding carboxylic acids is 1. The molecule has 10 heteroatoms. The summed E-state index contributed by atoms with van der Waals surface area (Å²) >= 11 is 0. The van der Waals surface area contributed by atoms with Crippen molar-refractivity contribution in [3.8, 4) is 11.1 Å². The van der Waals surface area contributed by atoms with Crippen LogP contribution < -0.4 is 11.1 Å². The number of amidine groups is 1. The molecule has 1 amide bonds. The van der Waals surface area contributed by atoms with Crippen LogP contribution in [0, 0.1) is 5.41 Å². The van der Waals surface area contributed by atoms with Gasteiger partial charge in [-0.05, 0) is 47.5 Å². The second-order valence-corrected chi connectivity index (χ2v) is 8.04. The smallest absolute Gasteiger partial charge is 0.336 e. The number of nitrogens with one attached hydrogen (secondary N) is 2. The lowest BCUT2D eigenvalue weighted by Crippen LogP contribution is -2.14. The van der Waals surface area contributed by atoms with E-state index >= 15 is 0 Å². The quantitative estimate of drug-likeness (QED) is 0.223. The van der Waals surface area contributed by atoms with E-state index in [4.69, 9.17) is 15.7 Å². The van der Waals surface area contributed by atoms with Crippen LogP contribution in [0.5, 0.6) is 0 Å². The molecule has 0 fully saturated rings. The molecule has 32 heavy (non-hydrogen) atoms. The minimum atomic E-state index is -3.67. The maximum Gasteiger partial charge on any atom is 0.336 e. The number of nitrogens with two attached hydrogens (primary N) is 1. The molecule has 3 rings (SSSR count). The second kappa shape index (κ2) is 10.3. The molecule has 0 unspecified atom stereocenters. The summed E-state index contributed by atoms with van der Waals surface area (Å²) < 4.78 is 25.9. The Bertz CT molecular complexity index is 1250. The number of anilines is 1. The standard InChI is InChI=1S/C21H17N3O3.CH4O3S/c22-19(23)13-9-11-14(12-10-13)24-20(25)17-7-3-1-5-15(17)16-6-2-4-8-18(16)21(26)27;1-5(2,3)4/h1-12H,(H3,22,23)(H,24,25)(H,26,27);1H3,(H,2,3,4). The molecule has 0 aliphatic rings. The Morgan fingerprint density at radius 3 is 1.78 bits per heavy atom. The molecule has 3 aromatic rings. The van der Waals surface area contributed by atoms with Crippen molar-refractivity contribution >= 4 is 33.5 Å². The zero-order valence-electron chi connectivity index (χ0n) is 16.9. The summed E-state index contributed by atoms with van der Waals surface area (Å²) in [7, 11) is -3.67. The van der Waals surface area contributed by atoms with Crippen molar-refractivity contribution < 1.29 is 27.7 Å². The van der Waals surface area contributed by atoms with Crippen LogP contribution in [0.15, 0.2) is 72.8 Å². The van der Waals surface area contributed by atoms with Gasteiger partial charge < -0.3 is 16.2 Å². The van der Waals surface area contributed by atoms with Gasteiger partial charge in [0.2, 0.25) is 0 Å². The Labute approximate surface area is 184 Å². The van der Waals surface area contributed by atoms with Gasteiger partial charge in [0.15, 0.2) is 0 Å². The van der Waals surface area contributed by atoms with Gasteiger partial charge in [-0.3, -0.25) is 14.8 Å². The van der Waals surface area contributed by atoms with E-state index in [1.807, 2.05) is 0 Å². The minimum Gasteiger partial charge on any atom is -0.478 e. The van der Waals surface area contributed by atoms with Gasteiger partial charge in [-0.25, -0.2) is 4.79 Å². The highest BCUT2D eigenvalue weighted by molar-refractivity contribution is 7.85. The van der Waals surface area contributed by atoms with Crippen molar-refractivity contribution in [3.63, 3.8) is 0 Å². The van der Waals surface area contributed by atoms with Gasteiger partial charge in [-0.15, -0.1) is 0 Å². The van der Waals surface area contributed by atoms with Gasteiger partial charge in [0.1, 0.15) is 5.84 Å². The Balaban J connectivity index is 0.000000654. The van der Waals surface area contributed by atoms with Crippen molar-refractivity contribution in [2.45, 2.75) is 0 Å². The summed E-state index contributed by atoms with van der Waals surface area (Å²) in [5.74, 6) is -1.47. The number of nitrogen functional groups attached to an aromatic ring is 1. The molecule has 0 saturated carbocycles. The normalized spacial score (nSPS) is 10.4. The monoisotopic (exact) mass is 455 g/mol. The first-order chi connectivity index (χ1) is 15.0. The zero-order valence-corrected chi connectivity index (χ0v) is 17.8. The van der Waals surface area contributed by atoms with Crippen LogP contribution in [-0.2, 0) is 10.1 Å². The second-order valence-electron chi connectivity index (χ2n) is 6.57. The molecule has 0 heterocycles. The molecule has 0 aliphatic carbocycles. The molecule has 0 aromatic heterocycles. The SMILES string of the molecule is CS(=O)(=O)O.N=C(N)c1ccc(NC(=O)c2ccccc2-c2ccccc2C(=O)O)cc1. The fourth-order valence-corrected chi connectivity index (χ4v) is 2.75. The number of rotatable bonds is 5.